The number of halogens is 3. The van der Waals surface area contributed by atoms with Crippen LogP contribution in [0.1, 0.15) is 33.5 Å². The zero-order chi connectivity index (χ0) is 23.3. The molecule has 0 aliphatic rings. The maximum absolute atomic E-state index is 12.7. The van der Waals surface area contributed by atoms with E-state index < -0.39 is 24.3 Å². The number of carboxylic acids is 1. The smallest absolute Gasteiger partial charge is 0.416 e. The van der Waals surface area contributed by atoms with E-state index in [4.69, 9.17) is 9.84 Å². The fourth-order valence-corrected chi connectivity index (χ4v) is 3.24. The number of aliphatic carboxylic acids is 1. The summed E-state index contributed by atoms with van der Waals surface area (Å²) in [5.74, 6) is -0.707. The molecule has 0 saturated carbocycles. The second-order valence-electron chi connectivity index (χ2n) is 7.36. The second-order valence-corrected chi connectivity index (χ2v) is 7.36. The molecule has 7 heteroatoms. The third-order valence-electron chi connectivity index (χ3n) is 4.99. The van der Waals surface area contributed by atoms with Gasteiger partial charge in [0.15, 0.2) is 12.4 Å². The fraction of sp³-hybridized carbons (Fsp3) is 0.200. The van der Waals surface area contributed by atoms with Crippen molar-refractivity contribution in [2.75, 3.05) is 6.61 Å². The number of alkyl halides is 3. The van der Waals surface area contributed by atoms with E-state index in [1.54, 1.807) is 25.1 Å². The molecule has 0 amide bonds. The number of benzene rings is 3. The zero-order valence-electron chi connectivity index (χ0n) is 17.3. The quantitative estimate of drug-likeness (QED) is 0.437. The average molecular weight is 442 g/mol. The number of carbonyl (C=O) groups is 2. The van der Waals surface area contributed by atoms with Crippen molar-refractivity contribution in [3.63, 3.8) is 0 Å². The molecule has 166 valence electrons. The first-order valence-electron chi connectivity index (χ1n) is 9.88. The third kappa shape index (κ3) is 5.97. The van der Waals surface area contributed by atoms with Crippen molar-refractivity contribution in [3.05, 3.63) is 89.0 Å². The summed E-state index contributed by atoms with van der Waals surface area (Å²) in [5.41, 5.74) is 2.92. The van der Waals surface area contributed by atoms with Gasteiger partial charge in [-0.25, -0.2) is 4.79 Å². The molecule has 0 spiro atoms. The van der Waals surface area contributed by atoms with Crippen LogP contribution in [0, 0.1) is 6.92 Å². The predicted molar refractivity (Wildman–Crippen MR) is 114 cm³/mol. The van der Waals surface area contributed by atoms with Crippen LogP contribution < -0.4 is 4.74 Å². The van der Waals surface area contributed by atoms with Gasteiger partial charge in [-0.1, -0.05) is 36.4 Å². The molecule has 0 atom stereocenters. The van der Waals surface area contributed by atoms with Gasteiger partial charge in [0.2, 0.25) is 0 Å². The van der Waals surface area contributed by atoms with Crippen molar-refractivity contribution in [1.29, 1.82) is 0 Å². The number of carbonyl (C=O) groups excluding carboxylic acids is 1. The van der Waals surface area contributed by atoms with Crippen molar-refractivity contribution in [1.82, 2.24) is 0 Å². The highest BCUT2D eigenvalue weighted by Gasteiger charge is 2.29. The van der Waals surface area contributed by atoms with Crippen LogP contribution >= 0.6 is 0 Å². The average Bonchev–Trinajstić information content (AvgIpc) is 2.76. The van der Waals surface area contributed by atoms with Gasteiger partial charge in [0.05, 0.1) is 5.56 Å². The molecule has 0 aliphatic heterocycles. The van der Waals surface area contributed by atoms with Crippen LogP contribution in [0.15, 0.2) is 66.7 Å². The Balaban J connectivity index is 1.59. The molecule has 0 unspecified atom stereocenters. The van der Waals surface area contributed by atoms with E-state index in [9.17, 15) is 22.8 Å². The first-order valence-corrected chi connectivity index (χ1v) is 9.88. The number of hydrogen-bond donors (Lipinski definition) is 1. The minimum atomic E-state index is -4.36. The topological polar surface area (TPSA) is 63.6 Å². The lowest BCUT2D eigenvalue weighted by Gasteiger charge is -2.09. The van der Waals surface area contributed by atoms with Crippen LogP contribution in [-0.2, 0) is 17.4 Å². The van der Waals surface area contributed by atoms with Crippen LogP contribution in [0.3, 0.4) is 0 Å². The van der Waals surface area contributed by atoms with Gasteiger partial charge in [-0.2, -0.15) is 13.2 Å². The van der Waals surface area contributed by atoms with Crippen LogP contribution in [0.25, 0.3) is 11.1 Å². The van der Waals surface area contributed by atoms with Crippen molar-refractivity contribution >= 4 is 11.8 Å². The molecule has 0 bridgehead atoms. The highest BCUT2D eigenvalue weighted by atomic mass is 19.4. The normalized spacial score (nSPS) is 11.2. The lowest BCUT2D eigenvalue weighted by molar-refractivity contribution is -0.139. The second kappa shape index (κ2) is 9.68. The summed E-state index contributed by atoms with van der Waals surface area (Å²) in [5, 5.41) is 8.69. The first-order chi connectivity index (χ1) is 15.1. The van der Waals surface area contributed by atoms with E-state index in [1.807, 2.05) is 24.3 Å². The van der Waals surface area contributed by atoms with E-state index in [1.165, 1.54) is 12.1 Å². The summed E-state index contributed by atoms with van der Waals surface area (Å²) in [4.78, 5) is 23.1. The van der Waals surface area contributed by atoms with E-state index in [2.05, 4.69) is 0 Å². The Kier molecular flexibility index (Phi) is 6.98. The minimum Gasteiger partial charge on any atom is -0.482 e. The Morgan fingerprint density at radius 3 is 2.03 bits per heavy atom. The van der Waals surface area contributed by atoms with Crippen molar-refractivity contribution in [2.45, 2.75) is 25.9 Å². The van der Waals surface area contributed by atoms with Gasteiger partial charge in [0.25, 0.3) is 0 Å². The fourth-order valence-electron chi connectivity index (χ4n) is 3.24. The van der Waals surface area contributed by atoms with E-state index in [0.29, 0.717) is 28.9 Å². The van der Waals surface area contributed by atoms with Crippen molar-refractivity contribution in [3.8, 4) is 16.9 Å². The summed E-state index contributed by atoms with van der Waals surface area (Å²) in [6.45, 7) is 1.30. The Morgan fingerprint density at radius 1 is 0.906 bits per heavy atom. The number of ether oxygens (including phenoxy) is 1. The van der Waals surface area contributed by atoms with Gasteiger partial charge in [0.1, 0.15) is 5.75 Å². The van der Waals surface area contributed by atoms with E-state index >= 15 is 0 Å². The molecule has 3 rings (SSSR count). The highest BCUT2D eigenvalue weighted by molar-refractivity contribution is 5.96. The number of Topliss-reactive ketones (excluding diaryl/α,β-unsaturated/α-hetero) is 1. The van der Waals surface area contributed by atoms with Gasteiger partial charge in [0, 0.05) is 12.0 Å². The number of hydrogen-bond acceptors (Lipinski definition) is 3. The lowest BCUT2D eigenvalue weighted by atomic mass is 9.98. The highest BCUT2D eigenvalue weighted by Crippen LogP contribution is 2.31. The Labute approximate surface area is 183 Å². The molecule has 3 aromatic rings. The molecule has 0 radical (unpaired) electrons. The van der Waals surface area contributed by atoms with Crippen LogP contribution in [0.4, 0.5) is 13.2 Å². The van der Waals surface area contributed by atoms with Gasteiger partial charge < -0.3 is 9.84 Å². The predicted octanol–water partition coefficient (Wildman–Crippen LogP) is 5.96. The van der Waals surface area contributed by atoms with Crippen LogP contribution in [0.5, 0.6) is 5.75 Å². The summed E-state index contributed by atoms with van der Waals surface area (Å²) >= 11 is 0. The lowest BCUT2D eigenvalue weighted by Crippen LogP contribution is -2.10. The van der Waals surface area contributed by atoms with Crippen LogP contribution in [0.2, 0.25) is 0 Å². The molecule has 0 aromatic heterocycles. The first kappa shape index (κ1) is 23.1. The summed E-state index contributed by atoms with van der Waals surface area (Å²) < 4.78 is 43.3. The summed E-state index contributed by atoms with van der Waals surface area (Å²) in [6, 6.07) is 17.2. The molecule has 4 nitrogen and oxygen atoms in total. The number of carboxylic acid groups (broad SMARTS) is 1. The van der Waals surface area contributed by atoms with Gasteiger partial charge in [-0.3, -0.25) is 4.79 Å². The summed E-state index contributed by atoms with van der Waals surface area (Å²) in [7, 11) is 0. The maximum Gasteiger partial charge on any atom is 0.416 e. The maximum atomic E-state index is 12.7. The van der Waals surface area contributed by atoms with Crippen molar-refractivity contribution in [2.24, 2.45) is 0 Å². The van der Waals surface area contributed by atoms with Gasteiger partial charge in [-0.15, -0.1) is 0 Å². The monoisotopic (exact) mass is 442 g/mol. The van der Waals surface area contributed by atoms with Gasteiger partial charge in [-0.05, 0) is 65.9 Å². The number of ketones is 1. The SMILES string of the molecule is Cc1cc(C(=O)CCc2ccc(-c3ccc(C(F)(F)F)cc3)cc2)ccc1OCC(=O)O. The molecule has 0 fully saturated rings. The zero-order valence-corrected chi connectivity index (χ0v) is 17.3. The largest absolute Gasteiger partial charge is 0.482 e. The third-order valence-corrected chi connectivity index (χ3v) is 4.99. The molecule has 1 N–H and O–H groups in total. The van der Waals surface area contributed by atoms with Crippen molar-refractivity contribution < 1.29 is 32.6 Å². The molecular weight excluding hydrogens is 421 g/mol. The summed E-state index contributed by atoms with van der Waals surface area (Å²) in [6.07, 6.45) is -3.56. The van der Waals surface area contributed by atoms with E-state index in [0.717, 1.165) is 23.3 Å². The Morgan fingerprint density at radius 2 is 1.50 bits per heavy atom. The van der Waals surface area contributed by atoms with Crippen LogP contribution in [-0.4, -0.2) is 23.5 Å². The number of rotatable bonds is 8. The Hall–Kier alpha value is -3.61. The molecule has 32 heavy (non-hydrogen) atoms. The molecule has 0 heterocycles. The number of aryl methyl sites for hydroxylation is 2. The molecule has 3 aromatic carbocycles. The molecule has 0 aliphatic carbocycles. The molecule has 0 saturated heterocycles. The standard InChI is InChI=1S/C25H21F3O4/c1-16-14-20(9-13-23(16)32-15-24(30)31)22(29)12-4-17-2-5-18(6-3-17)19-7-10-21(11-8-19)25(26,27)28/h2-3,5-11,13-14H,4,12,15H2,1H3,(H,30,31). The Bertz CT molecular complexity index is 1100. The molecular formula is C25H21F3O4. The van der Waals surface area contributed by atoms with E-state index in [-0.39, 0.29) is 12.2 Å². The minimum absolute atomic E-state index is 0.0512. The van der Waals surface area contributed by atoms with Gasteiger partial charge >= 0.3 is 12.1 Å².